The number of hydrogen-bond donors (Lipinski definition) is 2. The van der Waals surface area contributed by atoms with Crippen molar-refractivity contribution >= 4 is 33.5 Å². The predicted octanol–water partition coefficient (Wildman–Crippen LogP) is 4.50. The monoisotopic (exact) mass is 522 g/mol. The van der Waals surface area contributed by atoms with Gasteiger partial charge in [0.2, 0.25) is 0 Å². The molecule has 2 heterocycles. The van der Waals surface area contributed by atoms with Crippen molar-refractivity contribution in [2.24, 2.45) is 0 Å². The third-order valence-electron chi connectivity index (χ3n) is 5.43. The highest BCUT2D eigenvalue weighted by Crippen LogP contribution is 2.23. The van der Waals surface area contributed by atoms with E-state index in [-0.39, 0.29) is 35.0 Å². The Morgan fingerprint density at radius 1 is 1.26 bits per heavy atom. The first kappa shape index (κ1) is 28.3. The number of carbonyl (C=O) groups is 1. The van der Waals surface area contributed by atoms with Crippen LogP contribution in [0.25, 0.3) is 0 Å². The smallest absolute Gasteiger partial charge is 0.290 e. The Labute approximate surface area is 209 Å². The molecule has 190 valence electrons. The van der Waals surface area contributed by atoms with Gasteiger partial charge >= 0.3 is 0 Å². The van der Waals surface area contributed by atoms with E-state index in [2.05, 4.69) is 41.0 Å². The van der Waals surface area contributed by atoms with Crippen LogP contribution in [0, 0.1) is 12.7 Å². The van der Waals surface area contributed by atoms with Crippen LogP contribution >= 0.6 is 11.3 Å². The summed E-state index contributed by atoms with van der Waals surface area (Å²) in [5.41, 5.74) is 4.23. The first-order valence-corrected chi connectivity index (χ1v) is 13.3. The molecule has 11 heteroatoms. The van der Waals surface area contributed by atoms with Crippen molar-refractivity contribution in [2.45, 2.75) is 57.0 Å². The number of thiazole rings is 1. The van der Waals surface area contributed by atoms with E-state index < -0.39 is 9.84 Å². The number of halogens is 1. The molecule has 3 rings (SSSR count). The molecule has 0 aliphatic carbocycles. The Kier molecular flexibility index (Phi) is 9.87. The SMILES string of the molecule is Cc1cc(S(=O)(=O)Cc2cscn2)cnc1NCc1c(F)cccc1CN(C)C(C)(C)C.O=CO. The number of hydrogen-bond acceptors (Lipinski definition) is 8. The molecular formula is C24H31FN4O4S2. The first-order valence-electron chi connectivity index (χ1n) is 10.7. The van der Waals surface area contributed by atoms with E-state index in [0.717, 1.165) is 5.56 Å². The minimum absolute atomic E-state index is 0.0466. The molecule has 8 nitrogen and oxygen atoms in total. The molecule has 0 amide bonds. The minimum atomic E-state index is -3.54. The van der Waals surface area contributed by atoms with Gasteiger partial charge in [-0.15, -0.1) is 11.3 Å². The second-order valence-electron chi connectivity index (χ2n) is 8.94. The summed E-state index contributed by atoms with van der Waals surface area (Å²) in [6, 6.07) is 6.69. The van der Waals surface area contributed by atoms with Gasteiger partial charge in [-0.1, -0.05) is 12.1 Å². The second kappa shape index (κ2) is 12.2. The summed E-state index contributed by atoms with van der Waals surface area (Å²) in [7, 11) is -1.53. The lowest BCUT2D eigenvalue weighted by Gasteiger charge is -2.32. The summed E-state index contributed by atoms with van der Waals surface area (Å²) in [5, 5.41) is 11.8. The zero-order valence-electron chi connectivity index (χ0n) is 20.4. The fourth-order valence-corrected chi connectivity index (χ4v) is 5.05. The Bertz CT molecular complexity index is 1230. The highest BCUT2D eigenvalue weighted by molar-refractivity contribution is 7.90. The van der Waals surface area contributed by atoms with Crippen molar-refractivity contribution in [3.8, 4) is 0 Å². The number of rotatable bonds is 8. The van der Waals surface area contributed by atoms with Crippen LogP contribution in [-0.2, 0) is 33.5 Å². The number of aromatic nitrogens is 2. The molecule has 0 spiro atoms. The van der Waals surface area contributed by atoms with Crippen molar-refractivity contribution in [3.05, 3.63) is 69.6 Å². The third-order valence-corrected chi connectivity index (χ3v) is 7.69. The minimum Gasteiger partial charge on any atom is -0.483 e. The summed E-state index contributed by atoms with van der Waals surface area (Å²) in [5.74, 6) is 0.0815. The molecule has 0 atom stereocenters. The van der Waals surface area contributed by atoms with Crippen LogP contribution in [0.1, 0.15) is 43.2 Å². The average Bonchev–Trinajstić information content (AvgIpc) is 3.26. The summed E-state index contributed by atoms with van der Waals surface area (Å²) < 4.78 is 40.0. The lowest BCUT2D eigenvalue weighted by atomic mass is 10.0. The standard InChI is InChI=1S/C23H29FN4O2S2.CH2O2/c1-16-9-19(32(29,30)14-18-13-31-15-27-18)10-25-22(16)26-11-20-17(7-6-8-21(20)24)12-28(5)23(2,3)4;2-1-3/h6-10,13,15H,11-12,14H2,1-5H3,(H,25,26);1H,(H,2,3). The average molecular weight is 523 g/mol. The van der Waals surface area contributed by atoms with Gasteiger partial charge in [0.25, 0.3) is 6.47 Å². The molecule has 0 radical (unpaired) electrons. The molecule has 0 aliphatic rings. The van der Waals surface area contributed by atoms with E-state index in [4.69, 9.17) is 9.90 Å². The van der Waals surface area contributed by atoms with E-state index in [1.54, 1.807) is 29.9 Å². The predicted molar refractivity (Wildman–Crippen MR) is 136 cm³/mol. The van der Waals surface area contributed by atoms with Crippen molar-refractivity contribution in [3.63, 3.8) is 0 Å². The Hall–Kier alpha value is -2.89. The molecule has 1 aromatic carbocycles. The van der Waals surface area contributed by atoms with Gasteiger partial charge in [0.05, 0.1) is 21.9 Å². The fourth-order valence-electron chi connectivity index (χ4n) is 3.11. The van der Waals surface area contributed by atoms with Gasteiger partial charge in [-0.2, -0.15) is 0 Å². The van der Waals surface area contributed by atoms with E-state index in [9.17, 15) is 12.8 Å². The van der Waals surface area contributed by atoms with E-state index in [0.29, 0.717) is 29.2 Å². The zero-order chi connectivity index (χ0) is 26.2. The largest absolute Gasteiger partial charge is 0.483 e. The number of nitrogens with one attached hydrogen (secondary N) is 1. The number of sulfone groups is 1. The van der Waals surface area contributed by atoms with Crippen LogP contribution in [0.2, 0.25) is 0 Å². The van der Waals surface area contributed by atoms with Crippen LogP contribution < -0.4 is 5.32 Å². The fraction of sp³-hybridized carbons (Fsp3) is 0.375. The molecule has 2 aromatic heterocycles. The van der Waals surface area contributed by atoms with Gasteiger partial charge in [0.1, 0.15) is 11.6 Å². The molecular weight excluding hydrogens is 491 g/mol. The molecule has 0 aliphatic heterocycles. The molecule has 0 saturated carbocycles. The number of pyridine rings is 1. The Morgan fingerprint density at radius 3 is 2.51 bits per heavy atom. The summed E-state index contributed by atoms with van der Waals surface area (Å²) >= 11 is 1.36. The van der Waals surface area contributed by atoms with Gasteiger partial charge in [-0.25, -0.2) is 22.8 Å². The molecule has 2 N–H and O–H groups in total. The quantitative estimate of drug-likeness (QED) is 0.416. The van der Waals surface area contributed by atoms with Crippen LogP contribution in [0.4, 0.5) is 10.2 Å². The number of aryl methyl sites for hydroxylation is 1. The topological polar surface area (TPSA) is 112 Å². The van der Waals surface area contributed by atoms with E-state index >= 15 is 0 Å². The molecule has 0 bridgehead atoms. The van der Waals surface area contributed by atoms with Crippen molar-refractivity contribution < 1.29 is 22.7 Å². The highest BCUT2D eigenvalue weighted by Gasteiger charge is 2.20. The van der Waals surface area contributed by atoms with Gasteiger partial charge in [0.15, 0.2) is 9.84 Å². The number of anilines is 1. The number of benzene rings is 1. The van der Waals surface area contributed by atoms with Crippen molar-refractivity contribution in [1.29, 1.82) is 0 Å². The second-order valence-corrected chi connectivity index (χ2v) is 11.6. The maximum Gasteiger partial charge on any atom is 0.290 e. The maximum atomic E-state index is 14.6. The van der Waals surface area contributed by atoms with Crippen LogP contribution in [0.15, 0.2) is 46.2 Å². The lowest BCUT2D eigenvalue weighted by Crippen LogP contribution is -2.37. The van der Waals surface area contributed by atoms with Crippen molar-refractivity contribution in [2.75, 3.05) is 12.4 Å². The first-order chi connectivity index (χ1) is 16.4. The molecule has 0 saturated heterocycles. The van der Waals surface area contributed by atoms with Crippen LogP contribution in [0.5, 0.6) is 0 Å². The van der Waals surface area contributed by atoms with E-state index in [1.807, 2.05) is 13.1 Å². The highest BCUT2D eigenvalue weighted by atomic mass is 32.2. The summed E-state index contributed by atoms with van der Waals surface area (Å²) in [6.07, 6.45) is 1.34. The summed E-state index contributed by atoms with van der Waals surface area (Å²) in [4.78, 5) is 19.0. The normalized spacial score (nSPS) is 11.6. The molecule has 35 heavy (non-hydrogen) atoms. The van der Waals surface area contributed by atoms with Crippen LogP contribution in [-0.4, -0.2) is 47.5 Å². The van der Waals surface area contributed by atoms with Crippen LogP contribution in [0.3, 0.4) is 0 Å². The maximum absolute atomic E-state index is 14.6. The van der Waals surface area contributed by atoms with Gasteiger partial charge in [-0.05, 0) is 58.0 Å². The number of nitrogens with zero attached hydrogens (tertiary/aromatic N) is 3. The Balaban J connectivity index is 0.00000137. The van der Waals surface area contributed by atoms with Gasteiger partial charge < -0.3 is 10.4 Å². The van der Waals surface area contributed by atoms with E-state index in [1.165, 1.54) is 23.6 Å². The zero-order valence-corrected chi connectivity index (χ0v) is 22.1. The third kappa shape index (κ3) is 8.08. The van der Waals surface area contributed by atoms with Gasteiger partial charge in [0, 0.05) is 35.8 Å². The summed E-state index contributed by atoms with van der Waals surface area (Å²) in [6.45, 7) is 8.73. The molecule has 0 unspecified atom stereocenters. The Morgan fingerprint density at radius 2 is 1.94 bits per heavy atom. The molecule has 0 fully saturated rings. The van der Waals surface area contributed by atoms with Gasteiger partial charge in [-0.3, -0.25) is 9.69 Å². The molecule has 3 aromatic rings. The number of carboxylic acid groups (broad SMARTS) is 1. The van der Waals surface area contributed by atoms with Crippen molar-refractivity contribution in [1.82, 2.24) is 14.9 Å². The lowest BCUT2D eigenvalue weighted by molar-refractivity contribution is -0.122.